The van der Waals surface area contributed by atoms with Crippen molar-refractivity contribution in [3.63, 3.8) is 0 Å². The van der Waals surface area contributed by atoms with Crippen LogP contribution in [0, 0.1) is 0 Å². The topological polar surface area (TPSA) is 21.3 Å². The maximum atomic E-state index is 6.89. The number of hydrogen-bond donors (Lipinski definition) is 0. The van der Waals surface area contributed by atoms with Crippen molar-refractivity contribution >= 4 is 60.8 Å². The fourth-order valence-corrected chi connectivity index (χ4v) is 12.8. The van der Waals surface area contributed by atoms with Crippen LogP contribution in [0.5, 0.6) is 0 Å². The van der Waals surface area contributed by atoms with Crippen LogP contribution < -0.4 is 4.90 Å². The molecule has 67 heavy (non-hydrogen) atoms. The lowest BCUT2D eigenvalue weighted by molar-refractivity contribution is 0.660. The third kappa shape index (κ3) is 4.65. The molecule has 3 nitrogen and oxygen atoms in total. The average molecular weight is 855 g/mol. The zero-order valence-corrected chi connectivity index (χ0v) is 37.1. The highest BCUT2D eigenvalue weighted by Crippen LogP contribution is 2.65. The molecule has 10 aromatic carbocycles. The van der Waals surface area contributed by atoms with Crippen molar-refractivity contribution in [2.24, 2.45) is 0 Å². The van der Waals surface area contributed by atoms with Crippen LogP contribution in [-0.2, 0) is 10.8 Å². The highest BCUT2D eigenvalue weighted by atomic mass is 16.3. The summed E-state index contributed by atoms with van der Waals surface area (Å²) in [5.41, 5.74) is 23.5. The van der Waals surface area contributed by atoms with Crippen LogP contribution in [0.3, 0.4) is 0 Å². The standard InChI is InChI=1S/C64H42N2O/c1-63(2)50-25-11-6-19-42(50)44-33-31-40(37-54(44)63)65(58-29-16-24-47-46-21-10-15-30-59(46)67-62(47)58)41-32-34-45-43-20-7-12-26-51(43)64(55(45)38-41)52-27-13-8-22-48(52)60-53(64)35-36-57-61(60)49-23-9-14-28-56(49)66(57)39-17-4-3-5-18-39/h3-38H,1-2H3. The third-order valence-corrected chi connectivity index (χ3v) is 15.6. The molecule has 0 aliphatic heterocycles. The smallest absolute Gasteiger partial charge is 0.159 e. The molecule has 0 fully saturated rings. The molecule has 12 aromatic rings. The molecule has 1 unspecified atom stereocenters. The molecule has 0 radical (unpaired) electrons. The van der Waals surface area contributed by atoms with Crippen LogP contribution in [0.4, 0.5) is 17.1 Å². The predicted octanol–water partition coefficient (Wildman–Crippen LogP) is 16.8. The molecule has 3 aliphatic carbocycles. The number of aromatic nitrogens is 1. The number of rotatable bonds is 4. The van der Waals surface area contributed by atoms with E-state index in [-0.39, 0.29) is 5.41 Å². The number of para-hydroxylation sites is 4. The molecule has 2 aromatic heterocycles. The Morgan fingerprint density at radius 3 is 1.78 bits per heavy atom. The SMILES string of the molecule is CC1(C)c2ccccc2-c2ccc(N(c3ccc4c(c3)C3(c5ccccc5-4)c4ccccc4-c4c3ccc3c4c4ccccc4n3-c3ccccc3)c3cccc4c3oc3ccccc34)cc21. The maximum Gasteiger partial charge on any atom is 0.159 e. The first-order valence-electron chi connectivity index (χ1n) is 23.4. The van der Waals surface area contributed by atoms with E-state index in [4.69, 9.17) is 4.42 Å². The molecule has 2 heterocycles. The minimum Gasteiger partial charge on any atom is -0.454 e. The van der Waals surface area contributed by atoms with Gasteiger partial charge in [0.15, 0.2) is 5.58 Å². The van der Waals surface area contributed by atoms with Crippen LogP contribution in [0.15, 0.2) is 223 Å². The summed E-state index contributed by atoms with van der Waals surface area (Å²) in [6, 6.07) is 81.2. The number of nitrogens with zero attached hydrogens (tertiary/aromatic N) is 2. The number of anilines is 3. The number of benzene rings is 10. The summed E-state index contributed by atoms with van der Waals surface area (Å²) < 4.78 is 9.33. The van der Waals surface area contributed by atoms with Gasteiger partial charge in [0, 0.05) is 44.0 Å². The van der Waals surface area contributed by atoms with Gasteiger partial charge in [-0.3, -0.25) is 0 Å². The Morgan fingerprint density at radius 2 is 0.985 bits per heavy atom. The van der Waals surface area contributed by atoms with Crippen molar-refractivity contribution < 1.29 is 4.42 Å². The highest BCUT2D eigenvalue weighted by Gasteiger charge is 2.52. The minimum atomic E-state index is -0.573. The molecule has 1 spiro atoms. The number of furan rings is 1. The second-order valence-electron chi connectivity index (χ2n) is 19.1. The zero-order valence-electron chi connectivity index (χ0n) is 37.1. The first-order chi connectivity index (χ1) is 33.0. The van der Waals surface area contributed by atoms with Gasteiger partial charge in [-0.2, -0.15) is 0 Å². The Bertz CT molecular complexity index is 4090. The molecular weight excluding hydrogens is 813 g/mol. The van der Waals surface area contributed by atoms with Gasteiger partial charge >= 0.3 is 0 Å². The minimum absolute atomic E-state index is 0.172. The predicted molar refractivity (Wildman–Crippen MR) is 277 cm³/mol. The van der Waals surface area contributed by atoms with Crippen LogP contribution in [0.1, 0.15) is 47.2 Å². The Hall–Kier alpha value is -8.40. The molecular formula is C64H42N2O. The summed E-state index contributed by atoms with van der Waals surface area (Å²) in [7, 11) is 0. The third-order valence-electron chi connectivity index (χ3n) is 15.6. The van der Waals surface area contributed by atoms with Crippen LogP contribution in [0.2, 0.25) is 0 Å². The van der Waals surface area contributed by atoms with Gasteiger partial charge in [-0.25, -0.2) is 0 Å². The van der Waals surface area contributed by atoms with Crippen molar-refractivity contribution in [3.05, 3.63) is 252 Å². The first-order valence-corrected chi connectivity index (χ1v) is 23.4. The highest BCUT2D eigenvalue weighted by molar-refractivity contribution is 6.19. The van der Waals surface area contributed by atoms with Crippen molar-refractivity contribution in [2.45, 2.75) is 24.7 Å². The van der Waals surface area contributed by atoms with E-state index in [1.165, 1.54) is 88.6 Å². The molecule has 15 rings (SSSR count). The fourth-order valence-electron chi connectivity index (χ4n) is 12.8. The van der Waals surface area contributed by atoms with Gasteiger partial charge in [-0.15, -0.1) is 0 Å². The van der Waals surface area contributed by atoms with Gasteiger partial charge in [0.05, 0.1) is 22.1 Å². The second kappa shape index (κ2) is 13.1. The average Bonchev–Trinajstić information content (AvgIpc) is 4.15. The largest absolute Gasteiger partial charge is 0.454 e. The van der Waals surface area contributed by atoms with E-state index in [2.05, 4.69) is 242 Å². The molecule has 3 heteroatoms. The van der Waals surface area contributed by atoms with Crippen molar-refractivity contribution in [2.75, 3.05) is 4.90 Å². The summed E-state index contributed by atoms with van der Waals surface area (Å²) in [6.45, 7) is 4.73. The van der Waals surface area contributed by atoms with E-state index in [0.29, 0.717) is 0 Å². The summed E-state index contributed by atoms with van der Waals surface area (Å²) in [4.78, 5) is 2.46. The molecule has 0 amide bonds. The van der Waals surface area contributed by atoms with E-state index >= 15 is 0 Å². The van der Waals surface area contributed by atoms with E-state index < -0.39 is 5.41 Å². The van der Waals surface area contributed by atoms with Crippen molar-refractivity contribution in [1.29, 1.82) is 0 Å². The molecule has 0 saturated heterocycles. The summed E-state index contributed by atoms with van der Waals surface area (Å²) in [5, 5.41) is 4.78. The Morgan fingerprint density at radius 1 is 0.403 bits per heavy atom. The molecule has 0 N–H and O–H groups in total. The fraction of sp³-hybridized carbons (Fsp3) is 0.0625. The Balaban J connectivity index is 1.03. The monoisotopic (exact) mass is 854 g/mol. The van der Waals surface area contributed by atoms with Crippen LogP contribution in [-0.4, -0.2) is 4.57 Å². The summed E-state index contributed by atoms with van der Waals surface area (Å²) >= 11 is 0. The summed E-state index contributed by atoms with van der Waals surface area (Å²) in [6.07, 6.45) is 0. The second-order valence-corrected chi connectivity index (χ2v) is 19.1. The van der Waals surface area contributed by atoms with E-state index in [0.717, 1.165) is 44.7 Å². The number of fused-ring (bicyclic) bond motifs is 20. The lowest BCUT2D eigenvalue weighted by Crippen LogP contribution is -2.26. The van der Waals surface area contributed by atoms with Crippen LogP contribution in [0.25, 0.3) is 82.8 Å². The number of hydrogen-bond acceptors (Lipinski definition) is 2. The molecule has 1 atom stereocenters. The van der Waals surface area contributed by atoms with E-state index in [9.17, 15) is 0 Å². The van der Waals surface area contributed by atoms with Gasteiger partial charge in [0.2, 0.25) is 0 Å². The van der Waals surface area contributed by atoms with Gasteiger partial charge in [-0.1, -0.05) is 172 Å². The van der Waals surface area contributed by atoms with Gasteiger partial charge in [0.25, 0.3) is 0 Å². The normalized spacial score (nSPS) is 15.8. The van der Waals surface area contributed by atoms with Gasteiger partial charge in [0.1, 0.15) is 5.58 Å². The van der Waals surface area contributed by atoms with Crippen molar-refractivity contribution in [3.8, 4) is 39.1 Å². The lowest BCUT2D eigenvalue weighted by atomic mass is 9.70. The molecule has 0 bridgehead atoms. The maximum absolute atomic E-state index is 6.89. The molecule has 0 saturated carbocycles. The first kappa shape index (κ1) is 36.9. The Labute approximate surface area is 388 Å². The van der Waals surface area contributed by atoms with Crippen LogP contribution >= 0.6 is 0 Å². The Kier molecular flexibility index (Phi) is 7.22. The van der Waals surface area contributed by atoms with Gasteiger partial charge in [-0.05, 0) is 127 Å². The van der Waals surface area contributed by atoms with Crippen molar-refractivity contribution in [1.82, 2.24) is 4.57 Å². The zero-order chi connectivity index (χ0) is 44.2. The molecule has 314 valence electrons. The quantitative estimate of drug-likeness (QED) is 0.176. The summed E-state index contributed by atoms with van der Waals surface area (Å²) in [5.74, 6) is 0. The molecule has 3 aliphatic rings. The van der Waals surface area contributed by atoms with E-state index in [1.807, 2.05) is 0 Å². The van der Waals surface area contributed by atoms with Gasteiger partial charge < -0.3 is 13.9 Å². The lowest BCUT2D eigenvalue weighted by Gasteiger charge is -2.32. The van der Waals surface area contributed by atoms with E-state index in [1.54, 1.807) is 0 Å².